The first-order valence-electron chi connectivity index (χ1n) is 7.48. The quantitative estimate of drug-likeness (QED) is 0.845. The number of hydrogen-bond acceptors (Lipinski definition) is 3. The van der Waals surface area contributed by atoms with Gasteiger partial charge in [-0.3, -0.25) is 0 Å². The predicted octanol–water partition coefficient (Wildman–Crippen LogP) is 2.74. The molecule has 0 bridgehead atoms. The Morgan fingerprint density at radius 3 is 2.75 bits per heavy atom. The fourth-order valence-electron chi connectivity index (χ4n) is 2.52. The Morgan fingerprint density at radius 2 is 2.05 bits per heavy atom. The van der Waals surface area contributed by atoms with Crippen LogP contribution in [0.5, 0.6) is 0 Å². The van der Waals surface area contributed by atoms with Crippen LogP contribution < -0.4 is 5.73 Å². The molecule has 1 aromatic heterocycles. The first-order chi connectivity index (χ1) is 9.67. The van der Waals surface area contributed by atoms with Crippen LogP contribution in [0.3, 0.4) is 0 Å². The fourth-order valence-corrected chi connectivity index (χ4v) is 2.52. The molecule has 110 valence electrons. The molecule has 2 unspecified atom stereocenters. The van der Waals surface area contributed by atoms with Crippen molar-refractivity contribution in [2.45, 2.75) is 52.3 Å². The molecule has 20 heavy (non-hydrogen) atoms. The van der Waals surface area contributed by atoms with Crippen molar-refractivity contribution in [3.05, 3.63) is 30.1 Å². The minimum absolute atomic E-state index is 0.0256. The van der Waals surface area contributed by atoms with Gasteiger partial charge in [-0.25, -0.2) is 4.98 Å². The number of hydrogen-bond donors (Lipinski definition) is 1. The predicted molar refractivity (Wildman–Crippen MR) is 82.8 cm³/mol. The Hall–Kier alpha value is -1.39. The van der Waals surface area contributed by atoms with Gasteiger partial charge in [0.25, 0.3) is 0 Å². The van der Waals surface area contributed by atoms with Crippen LogP contribution in [0, 0.1) is 0 Å². The third-order valence-electron chi connectivity index (χ3n) is 3.63. The highest BCUT2D eigenvalue weighted by atomic mass is 16.5. The van der Waals surface area contributed by atoms with Crippen LogP contribution >= 0.6 is 0 Å². The zero-order valence-electron chi connectivity index (χ0n) is 12.7. The molecule has 0 saturated heterocycles. The molecule has 4 nitrogen and oxygen atoms in total. The molecule has 1 aromatic carbocycles. The summed E-state index contributed by atoms with van der Waals surface area (Å²) in [5, 5.41) is 0. The second-order valence-corrected chi connectivity index (χ2v) is 5.20. The van der Waals surface area contributed by atoms with Crippen molar-refractivity contribution in [3.8, 4) is 0 Å². The maximum atomic E-state index is 6.24. The second kappa shape index (κ2) is 6.86. The Bertz CT molecular complexity index is 550. The lowest BCUT2D eigenvalue weighted by Gasteiger charge is -2.20. The van der Waals surface area contributed by atoms with Crippen LogP contribution in [0.2, 0.25) is 0 Å². The molecule has 2 atom stereocenters. The topological polar surface area (TPSA) is 53.1 Å². The molecule has 2 aromatic rings. The normalized spacial score (nSPS) is 14.6. The van der Waals surface area contributed by atoms with Crippen molar-refractivity contribution in [2.75, 3.05) is 6.61 Å². The van der Waals surface area contributed by atoms with Crippen molar-refractivity contribution < 1.29 is 4.74 Å². The number of benzene rings is 1. The van der Waals surface area contributed by atoms with Gasteiger partial charge in [0.2, 0.25) is 0 Å². The molecule has 0 saturated carbocycles. The van der Waals surface area contributed by atoms with Crippen molar-refractivity contribution >= 4 is 11.0 Å². The number of aromatic nitrogens is 2. The number of fused-ring (bicyclic) bond motifs is 1. The average molecular weight is 275 g/mol. The molecule has 0 spiro atoms. The van der Waals surface area contributed by atoms with Gasteiger partial charge in [-0.1, -0.05) is 19.1 Å². The van der Waals surface area contributed by atoms with Crippen LogP contribution in [0.25, 0.3) is 11.0 Å². The van der Waals surface area contributed by atoms with Gasteiger partial charge >= 0.3 is 0 Å². The van der Waals surface area contributed by atoms with E-state index in [0.29, 0.717) is 6.61 Å². The Labute approximate surface area is 120 Å². The molecule has 0 aliphatic carbocycles. The van der Waals surface area contributed by atoms with Gasteiger partial charge in [0, 0.05) is 25.6 Å². The third kappa shape index (κ3) is 3.19. The Kier molecular flexibility index (Phi) is 5.15. The number of para-hydroxylation sites is 2. The Balaban J connectivity index is 2.26. The van der Waals surface area contributed by atoms with Crippen molar-refractivity contribution in [3.63, 3.8) is 0 Å². The number of nitrogens with zero attached hydrogens (tertiary/aromatic N) is 2. The van der Waals surface area contributed by atoms with E-state index in [9.17, 15) is 0 Å². The van der Waals surface area contributed by atoms with Crippen molar-refractivity contribution in [2.24, 2.45) is 5.73 Å². The lowest BCUT2D eigenvalue weighted by Crippen LogP contribution is -2.37. The largest absolute Gasteiger partial charge is 0.377 e. The fraction of sp³-hybridized carbons (Fsp3) is 0.562. The van der Waals surface area contributed by atoms with Crippen molar-refractivity contribution in [1.29, 1.82) is 0 Å². The summed E-state index contributed by atoms with van der Waals surface area (Å²) in [6.45, 7) is 7.88. The molecular formula is C16H25N3O. The lowest BCUT2D eigenvalue weighted by molar-refractivity contribution is 0.0571. The van der Waals surface area contributed by atoms with Gasteiger partial charge in [-0.15, -0.1) is 0 Å². The molecule has 2 rings (SSSR count). The van der Waals surface area contributed by atoms with Gasteiger partial charge in [-0.2, -0.15) is 0 Å². The maximum absolute atomic E-state index is 6.24. The summed E-state index contributed by atoms with van der Waals surface area (Å²) in [5.41, 5.74) is 8.49. The second-order valence-electron chi connectivity index (χ2n) is 5.20. The standard InChI is InChI=1S/C16H25N3O/c1-4-10-19-15-9-7-6-8-14(15)18-16(19)11-13(17)12(3)20-5-2/h6-9,12-13H,4-5,10-11,17H2,1-3H3. The average Bonchev–Trinajstić information content (AvgIpc) is 2.78. The molecular weight excluding hydrogens is 250 g/mol. The third-order valence-corrected chi connectivity index (χ3v) is 3.63. The summed E-state index contributed by atoms with van der Waals surface area (Å²) < 4.78 is 7.87. The van der Waals surface area contributed by atoms with E-state index >= 15 is 0 Å². The number of ether oxygens (including phenoxy) is 1. The van der Waals surface area contributed by atoms with E-state index in [0.717, 1.165) is 30.7 Å². The van der Waals surface area contributed by atoms with Gasteiger partial charge in [-0.05, 0) is 32.4 Å². The minimum Gasteiger partial charge on any atom is -0.377 e. The summed E-state index contributed by atoms with van der Waals surface area (Å²) in [6.07, 6.45) is 1.88. The smallest absolute Gasteiger partial charge is 0.111 e. The SMILES string of the molecule is CCCn1c(CC(N)C(C)OCC)nc2ccccc21. The van der Waals surface area contributed by atoms with Gasteiger partial charge in [0.05, 0.1) is 17.1 Å². The number of nitrogens with two attached hydrogens (primary N) is 1. The highest BCUT2D eigenvalue weighted by Gasteiger charge is 2.18. The zero-order chi connectivity index (χ0) is 14.5. The van der Waals surface area contributed by atoms with Crippen LogP contribution in [0.1, 0.15) is 33.0 Å². The lowest BCUT2D eigenvalue weighted by atomic mass is 10.1. The first-order valence-corrected chi connectivity index (χ1v) is 7.48. The van der Waals surface area contributed by atoms with Gasteiger partial charge < -0.3 is 15.0 Å². The molecule has 0 amide bonds. The van der Waals surface area contributed by atoms with Gasteiger partial charge in [0.1, 0.15) is 5.82 Å². The number of imidazole rings is 1. The molecule has 0 fully saturated rings. The number of aryl methyl sites for hydroxylation is 1. The highest BCUT2D eigenvalue weighted by Crippen LogP contribution is 2.18. The summed E-state index contributed by atoms with van der Waals surface area (Å²) >= 11 is 0. The van der Waals surface area contributed by atoms with Crippen LogP contribution in [-0.2, 0) is 17.7 Å². The summed E-state index contributed by atoms with van der Waals surface area (Å²) in [6, 6.07) is 8.24. The minimum atomic E-state index is -0.0256. The first kappa shape index (κ1) is 15.0. The molecule has 0 radical (unpaired) electrons. The van der Waals surface area contributed by atoms with E-state index in [-0.39, 0.29) is 12.1 Å². The highest BCUT2D eigenvalue weighted by molar-refractivity contribution is 5.75. The van der Waals surface area contributed by atoms with E-state index < -0.39 is 0 Å². The maximum Gasteiger partial charge on any atom is 0.111 e. The van der Waals surface area contributed by atoms with Crippen LogP contribution in [0.4, 0.5) is 0 Å². The molecule has 1 heterocycles. The Morgan fingerprint density at radius 1 is 1.30 bits per heavy atom. The van der Waals surface area contributed by atoms with Crippen LogP contribution in [0.15, 0.2) is 24.3 Å². The number of rotatable bonds is 7. The van der Waals surface area contributed by atoms with E-state index in [2.05, 4.69) is 29.7 Å². The van der Waals surface area contributed by atoms with E-state index in [1.807, 2.05) is 19.9 Å². The van der Waals surface area contributed by atoms with Crippen molar-refractivity contribution in [1.82, 2.24) is 9.55 Å². The zero-order valence-corrected chi connectivity index (χ0v) is 12.7. The summed E-state index contributed by atoms with van der Waals surface area (Å²) in [4.78, 5) is 4.74. The molecule has 2 N–H and O–H groups in total. The molecule has 0 aliphatic heterocycles. The van der Waals surface area contributed by atoms with Gasteiger partial charge in [0.15, 0.2) is 0 Å². The summed E-state index contributed by atoms with van der Waals surface area (Å²) in [5.74, 6) is 1.06. The van der Waals surface area contributed by atoms with E-state index in [4.69, 9.17) is 15.5 Å². The van der Waals surface area contributed by atoms with Crippen LogP contribution in [-0.4, -0.2) is 28.3 Å². The summed E-state index contributed by atoms with van der Waals surface area (Å²) in [7, 11) is 0. The molecule has 0 aliphatic rings. The van der Waals surface area contributed by atoms with E-state index in [1.54, 1.807) is 0 Å². The molecule has 4 heteroatoms. The van der Waals surface area contributed by atoms with E-state index in [1.165, 1.54) is 5.52 Å². The monoisotopic (exact) mass is 275 g/mol.